The van der Waals surface area contributed by atoms with E-state index >= 15 is 0 Å². The second kappa shape index (κ2) is 8.28. The number of nitrogens with one attached hydrogen (secondary N) is 2. The minimum Gasteiger partial charge on any atom is -0.496 e. The van der Waals surface area contributed by atoms with Crippen molar-refractivity contribution in [2.24, 2.45) is 0 Å². The van der Waals surface area contributed by atoms with Crippen LogP contribution in [-0.2, 0) is 19.6 Å². The summed E-state index contributed by atoms with van der Waals surface area (Å²) in [5, 5.41) is 2.67. The molecule has 0 unspecified atom stereocenters. The van der Waals surface area contributed by atoms with Gasteiger partial charge in [0.05, 0.1) is 24.7 Å². The molecule has 0 aromatic heterocycles. The number of methoxy groups -OCH3 is 2. The fourth-order valence-electron chi connectivity index (χ4n) is 2.03. The van der Waals surface area contributed by atoms with Crippen LogP contribution in [0.25, 0.3) is 0 Å². The lowest BCUT2D eigenvalue weighted by molar-refractivity contribution is -0.123. The molecule has 0 spiro atoms. The summed E-state index contributed by atoms with van der Waals surface area (Å²) in [5.74, 6) is 0.187. The monoisotopic (exact) mass is 344 g/mol. The third kappa shape index (κ3) is 5.49. The Balaban J connectivity index is 2.81. The lowest BCUT2D eigenvalue weighted by Gasteiger charge is -2.18. The third-order valence-electron chi connectivity index (χ3n) is 3.21. The number of sulfonamides is 1. The molecule has 1 rings (SSSR count). The lowest BCUT2D eigenvalue weighted by Crippen LogP contribution is -2.48. The van der Waals surface area contributed by atoms with Crippen molar-refractivity contribution in [3.05, 3.63) is 23.8 Å². The quantitative estimate of drug-likeness (QED) is 0.728. The van der Waals surface area contributed by atoms with Crippen LogP contribution in [0.1, 0.15) is 19.4 Å². The predicted molar refractivity (Wildman–Crippen MR) is 87.0 cm³/mol. The fourth-order valence-corrected chi connectivity index (χ4v) is 3.32. The molecule has 2 atom stereocenters. The van der Waals surface area contributed by atoms with E-state index in [1.54, 1.807) is 19.9 Å². The summed E-state index contributed by atoms with van der Waals surface area (Å²) in [6, 6.07) is 3.41. The van der Waals surface area contributed by atoms with Crippen LogP contribution < -0.4 is 14.8 Å². The van der Waals surface area contributed by atoms with Gasteiger partial charge in [-0.15, -0.1) is 0 Å². The second-order valence-corrected chi connectivity index (χ2v) is 7.05. The van der Waals surface area contributed by atoms with Crippen LogP contribution in [0.3, 0.4) is 0 Å². The smallest absolute Gasteiger partial charge is 0.241 e. The number of hydrogen-bond donors (Lipinski definition) is 2. The van der Waals surface area contributed by atoms with E-state index in [-0.39, 0.29) is 10.9 Å². The minimum atomic E-state index is -3.80. The van der Waals surface area contributed by atoms with Crippen molar-refractivity contribution in [3.8, 4) is 5.75 Å². The van der Waals surface area contributed by atoms with Crippen LogP contribution in [0.5, 0.6) is 5.75 Å². The van der Waals surface area contributed by atoms with Gasteiger partial charge in [-0.1, -0.05) is 0 Å². The van der Waals surface area contributed by atoms with E-state index in [0.717, 1.165) is 0 Å². The van der Waals surface area contributed by atoms with E-state index in [1.807, 2.05) is 0 Å². The second-order valence-electron chi connectivity index (χ2n) is 5.34. The average Bonchev–Trinajstić information content (AvgIpc) is 2.46. The molecule has 1 aromatic rings. The Morgan fingerprint density at radius 1 is 1.26 bits per heavy atom. The lowest BCUT2D eigenvalue weighted by atomic mass is 10.2. The minimum absolute atomic E-state index is 0.0837. The first-order valence-electron chi connectivity index (χ1n) is 7.17. The molecule has 0 aliphatic carbocycles. The maximum atomic E-state index is 12.4. The van der Waals surface area contributed by atoms with Crippen LogP contribution in [0.2, 0.25) is 0 Å². The number of amides is 1. The van der Waals surface area contributed by atoms with E-state index in [1.165, 1.54) is 33.3 Å². The fraction of sp³-hybridized carbons (Fsp3) is 0.533. The van der Waals surface area contributed by atoms with Gasteiger partial charge in [0.2, 0.25) is 15.9 Å². The molecule has 2 N–H and O–H groups in total. The van der Waals surface area contributed by atoms with Gasteiger partial charge >= 0.3 is 0 Å². The Hall–Kier alpha value is -1.64. The molecule has 0 radical (unpaired) electrons. The number of carbonyl (C=O) groups excluding carboxylic acids is 1. The van der Waals surface area contributed by atoms with Crippen LogP contribution in [0, 0.1) is 6.92 Å². The van der Waals surface area contributed by atoms with Gasteiger partial charge in [-0.05, 0) is 44.5 Å². The number of rotatable bonds is 8. The SMILES string of the molecule is COC[C@H](C)NC(=O)[C@H](C)NS(=O)(=O)c1ccc(OC)c(C)c1. The zero-order chi connectivity index (χ0) is 17.6. The van der Waals surface area contributed by atoms with Gasteiger partial charge in [0.1, 0.15) is 5.75 Å². The molecule has 8 heteroatoms. The van der Waals surface area contributed by atoms with E-state index in [2.05, 4.69) is 10.0 Å². The number of aryl methyl sites for hydroxylation is 1. The summed E-state index contributed by atoms with van der Waals surface area (Å²) in [7, 11) is -0.753. The Kier molecular flexibility index (Phi) is 6.99. The third-order valence-corrected chi connectivity index (χ3v) is 4.75. The van der Waals surface area contributed by atoms with Gasteiger partial charge < -0.3 is 14.8 Å². The molecule has 0 saturated heterocycles. The highest BCUT2D eigenvalue weighted by atomic mass is 32.2. The Labute approximate surface area is 137 Å². The first-order chi connectivity index (χ1) is 10.7. The Morgan fingerprint density at radius 3 is 2.43 bits per heavy atom. The van der Waals surface area contributed by atoms with E-state index in [0.29, 0.717) is 17.9 Å². The highest BCUT2D eigenvalue weighted by Gasteiger charge is 2.23. The van der Waals surface area contributed by atoms with Crippen molar-refractivity contribution in [1.82, 2.24) is 10.0 Å². The van der Waals surface area contributed by atoms with Gasteiger partial charge in [-0.2, -0.15) is 4.72 Å². The van der Waals surface area contributed by atoms with Crippen LogP contribution in [0.15, 0.2) is 23.1 Å². The van der Waals surface area contributed by atoms with E-state index < -0.39 is 22.0 Å². The standard InChI is InChI=1S/C15H24N2O5S/c1-10-8-13(6-7-14(10)22-5)23(19,20)17-12(3)15(18)16-11(2)9-21-4/h6-8,11-12,17H,9H2,1-5H3,(H,16,18)/t11-,12-/m0/s1. The van der Waals surface area contributed by atoms with E-state index in [9.17, 15) is 13.2 Å². The maximum absolute atomic E-state index is 12.4. The van der Waals surface area contributed by atoms with Crippen LogP contribution >= 0.6 is 0 Å². The summed E-state index contributed by atoms with van der Waals surface area (Å²) in [6.45, 7) is 5.36. The normalized spacial score (nSPS) is 14.1. The average molecular weight is 344 g/mol. The molecule has 0 aliphatic heterocycles. The molecule has 1 amide bonds. The van der Waals surface area contributed by atoms with Crippen molar-refractivity contribution in [2.45, 2.75) is 37.8 Å². The Bertz CT molecular complexity index is 645. The number of ether oxygens (including phenoxy) is 2. The van der Waals surface area contributed by atoms with Crippen molar-refractivity contribution in [2.75, 3.05) is 20.8 Å². The van der Waals surface area contributed by atoms with Gasteiger partial charge in [0.15, 0.2) is 0 Å². The molecule has 7 nitrogen and oxygen atoms in total. The molecule has 0 heterocycles. The molecule has 23 heavy (non-hydrogen) atoms. The molecular formula is C15H24N2O5S. The zero-order valence-corrected chi connectivity index (χ0v) is 14.9. The van der Waals surface area contributed by atoms with Crippen LogP contribution in [0.4, 0.5) is 0 Å². The number of carbonyl (C=O) groups is 1. The van der Waals surface area contributed by atoms with Gasteiger partial charge in [-0.25, -0.2) is 8.42 Å². The molecule has 0 bridgehead atoms. The molecule has 0 fully saturated rings. The van der Waals surface area contributed by atoms with Gasteiger partial charge in [0.25, 0.3) is 0 Å². The first-order valence-corrected chi connectivity index (χ1v) is 8.66. The molecule has 130 valence electrons. The highest BCUT2D eigenvalue weighted by molar-refractivity contribution is 7.89. The summed E-state index contributed by atoms with van der Waals surface area (Å²) in [5.41, 5.74) is 0.696. The summed E-state index contributed by atoms with van der Waals surface area (Å²) in [6.07, 6.45) is 0. The van der Waals surface area contributed by atoms with Crippen molar-refractivity contribution in [1.29, 1.82) is 0 Å². The van der Waals surface area contributed by atoms with Crippen molar-refractivity contribution in [3.63, 3.8) is 0 Å². The van der Waals surface area contributed by atoms with E-state index in [4.69, 9.17) is 9.47 Å². The molecule has 0 saturated carbocycles. The topological polar surface area (TPSA) is 93.7 Å². The first kappa shape index (κ1) is 19.4. The predicted octanol–water partition coefficient (Wildman–Crippen LogP) is 0.822. The number of benzene rings is 1. The highest BCUT2D eigenvalue weighted by Crippen LogP contribution is 2.21. The summed E-state index contributed by atoms with van der Waals surface area (Å²) < 4.78 is 37.1. The zero-order valence-electron chi connectivity index (χ0n) is 14.0. The molecule has 1 aromatic carbocycles. The largest absolute Gasteiger partial charge is 0.496 e. The maximum Gasteiger partial charge on any atom is 0.241 e. The van der Waals surface area contributed by atoms with Gasteiger partial charge in [0, 0.05) is 13.2 Å². The van der Waals surface area contributed by atoms with Crippen molar-refractivity contribution < 1.29 is 22.7 Å². The van der Waals surface area contributed by atoms with Crippen molar-refractivity contribution >= 4 is 15.9 Å². The summed E-state index contributed by atoms with van der Waals surface area (Å²) in [4.78, 5) is 12.1. The van der Waals surface area contributed by atoms with Crippen LogP contribution in [-0.4, -0.2) is 47.2 Å². The Morgan fingerprint density at radius 2 is 1.91 bits per heavy atom. The summed E-state index contributed by atoms with van der Waals surface area (Å²) >= 11 is 0. The number of hydrogen-bond acceptors (Lipinski definition) is 5. The van der Waals surface area contributed by atoms with Gasteiger partial charge in [-0.3, -0.25) is 4.79 Å². The molecular weight excluding hydrogens is 320 g/mol. The molecule has 0 aliphatic rings.